The molecule has 0 unspecified atom stereocenters. The van der Waals surface area contributed by atoms with E-state index in [0.29, 0.717) is 25.6 Å². The Morgan fingerprint density at radius 1 is 1.00 bits per heavy atom. The molecular formula is C39H64N12O4. The number of rotatable bonds is 23. The fourth-order valence-corrected chi connectivity index (χ4v) is 7.15. The van der Waals surface area contributed by atoms with Crippen molar-refractivity contribution in [2.45, 2.75) is 128 Å². The van der Waals surface area contributed by atoms with Crippen molar-refractivity contribution < 1.29 is 19.4 Å². The molecule has 2 aliphatic rings. The van der Waals surface area contributed by atoms with Crippen molar-refractivity contribution in [2.75, 3.05) is 56.5 Å². The first-order valence-electron chi connectivity index (χ1n) is 20.5. The highest BCUT2D eigenvalue weighted by Gasteiger charge is 2.27. The van der Waals surface area contributed by atoms with E-state index in [2.05, 4.69) is 36.9 Å². The van der Waals surface area contributed by atoms with E-state index < -0.39 is 18.1 Å². The fraction of sp³-hybridized carbons (Fsp3) is 0.692. The number of nitrogens with two attached hydrogens (primary N) is 1. The lowest BCUT2D eigenvalue weighted by atomic mass is 9.95. The lowest BCUT2D eigenvalue weighted by Crippen LogP contribution is -2.47. The van der Waals surface area contributed by atoms with Crippen LogP contribution in [-0.4, -0.2) is 123 Å². The molecule has 0 radical (unpaired) electrons. The maximum atomic E-state index is 13.2. The SMILES string of the molecule is CC(C)OC(=O)[C@H](CCC(=O)N1CCC(Nc2nc(NCc3cn(CCCNCCCNC4CCCCC4)nn3)nc3ccccc23)CC1)NC[C@@H](N)CO. The van der Waals surface area contributed by atoms with Gasteiger partial charge in [-0.25, -0.2) is 4.98 Å². The summed E-state index contributed by atoms with van der Waals surface area (Å²) in [5.41, 5.74) is 7.47. The number of carbonyl (C=O) groups excluding carboxylic acids is 2. The number of anilines is 2. The monoisotopic (exact) mass is 765 g/mol. The van der Waals surface area contributed by atoms with Gasteiger partial charge >= 0.3 is 5.97 Å². The van der Waals surface area contributed by atoms with Crippen LogP contribution in [0.25, 0.3) is 10.9 Å². The summed E-state index contributed by atoms with van der Waals surface area (Å²) < 4.78 is 7.27. The van der Waals surface area contributed by atoms with Crippen molar-refractivity contribution in [3.63, 3.8) is 0 Å². The molecular weight excluding hydrogens is 701 g/mol. The minimum absolute atomic E-state index is 0.00497. The molecule has 2 atom stereocenters. The summed E-state index contributed by atoms with van der Waals surface area (Å²) in [5.74, 6) is 0.826. The number of benzene rings is 1. The second kappa shape index (κ2) is 22.6. The molecule has 2 fully saturated rings. The van der Waals surface area contributed by atoms with Crippen molar-refractivity contribution in [1.82, 2.24) is 45.8 Å². The topological polar surface area (TPSA) is 210 Å². The Bertz CT molecular complexity index is 1590. The molecule has 3 aromatic rings. The summed E-state index contributed by atoms with van der Waals surface area (Å²) in [7, 11) is 0. The Balaban J connectivity index is 1.04. The Morgan fingerprint density at radius 3 is 2.56 bits per heavy atom. The molecule has 16 heteroatoms. The average Bonchev–Trinajstić information content (AvgIpc) is 3.65. The Kier molecular flexibility index (Phi) is 17.3. The summed E-state index contributed by atoms with van der Waals surface area (Å²) >= 11 is 0. The minimum Gasteiger partial charge on any atom is -0.462 e. The smallest absolute Gasteiger partial charge is 0.323 e. The first-order valence-corrected chi connectivity index (χ1v) is 20.5. The lowest BCUT2D eigenvalue weighted by Gasteiger charge is -2.33. The van der Waals surface area contributed by atoms with E-state index in [0.717, 1.165) is 80.3 Å². The fourth-order valence-electron chi connectivity index (χ4n) is 7.15. The van der Waals surface area contributed by atoms with E-state index in [-0.39, 0.29) is 44.0 Å². The highest BCUT2D eigenvalue weighted by molar-refractivity contribution is 5.90. The van der Waals surface area contributed by atoms with Crippen molar-refractivity contribution >= 4 is 34.5 Å². The molecule has 1 aliphatic carbocycles. The first kappa shape index (κ1) is 42.2. The van der Waals surface area contributed by atoms with E-state index in [1.165, 1.54) is 32.1 Å². The molecule has 2 aromatic heterocycles. The number of aryl methyl sites for hydroxylation is 1. The maximum Gasteiger partial charge on any atom is 0.323 e. The molecule has 55 heavy (non-hydrogen) atoms. The van der Waals surface area contributed by atoms with E-state index in [1.54, 1.807) is 13.8 Å². The van der Waals surface area contributed by atoms with Gasteiger partial charge in [-0.15, -0.1) is 5.10 Å². The molecule has 0 spiro atoms. The lowest BCUT2D eigenvalue weighted by molar-refractivity contribution is -0.150. The summed E-state index contributed by atoms with van der Waals surface area (Å²) in [6, 6.07) is 7.59. The number of fused-ring (bicyclic) bond motifs is 1. The van der Waals surface area contributed by atoms with Gasteiger partial charge in [0.25, 0.3) is 0 Å². The van der Waals surface area contributed by atoms with Crippen molar-refractivity contribution in [1.29, 1.82) is 0 Å². The average molecular weight is 765 g/mol. The van der Waals surface area contributed by atoms with Crippen LogP contribution in [-0.2, 0) is 27.4 Å². The number of ether oxygens (including phenoxy) is 1. The number of piperidine rings is 1. The number of amides is 1. The van der Waals surface area contributed by atoms with Crippen LogP contribution in [0.3, 0.4) is 0 Å². The third kappa shape index (κ3) is 14.2. The highest BCUT2D eigenvalue weighted by Crippen LogP contribution is 2.25. The third-order valence-corrected chi connectivity index (χ3v) is 10.3. The van der Waals surface area contributed by atoms with Gasteiger partial charge in [-0.2, -0.15) is 4.98 Å². The van der Waals surface area contributed by atoms with Crippen LogP contribution in [0.5, 0.6) is 0 Å². The van der Waals surface area contributed by atoms with Gasteiger partial charge in [0.05, 0.1) is 31.0 Å². The number of nitrogens with zero attached hydrogens (tertiary/aromatic N) is 6. The van der Waals surface area contributed by atoms with E-state index in [4.69, 9.17) is 20.4 Å². The number of nitrogens with one attached hydrogen (secondary N) is 5. The van der Waals surface area contributed by atoms with Gasteiger partial charge < -0.3 is 47.1 Å². The Hall–Kier alpha value is -3.96. The number of likely N-dealkylation sites (tertiary alicyclic amines) is 1. The van der Waals surface area contributed by atoms with Crippen LogP contribution in [0.4, 0.5) is 11.8 Å². The molecule has 5 rings (SSSR count). The third-order valence-electron chi connectivity index (χ3n) is 10.3. The first-order chi connectivity index (χ1) is 26.8. The van der Waals surface area contributed by atoms with Gasteiger partial charge in [0.2, 0.25) is 11.9 Å². The number of esters is 1. The number of aromatic nitrogens is 5. The summed E-state index contributed by atoms with van der Waals surface area (Å²) in [6.45, 7) is 9.11. The molecule has 1 aromatic carbocycles. The van der Waals surface area contributed by atoms with Crippen molar-refractivity contribution in [3.8, 4) is 0 Å². The number of aliphatic hydroxyl groups excluding tert-OH is 1. The zero-order chi connectivity index (χ0) is 38.8. The highest BCUT2D eigenvalue weighted by atomic mass is 16.5. The zero-order valence-electron chi connectivity index (χ0n) is 32.8. The number of carbonyl (C=O) groups is 2. The van der Waals surface area contributed by atoms with E-state index in [9.17, 15) is 14.7 Å². The molecule has 1 amide bonds. The molecule has 0 bridgehead atoms. The largest absolute Gasteiger partial charge is 0.462 e. The van der Waals surface area contributed by atoms with Gasteiger partial charge in [0.1, 0.15) is 17.6 Å². The Morgan fingerprint density at radius 2 is 1.78 bits per heavy atom. The number of hydrogen-bond donors (Lipinski definition) is 7. The molecule has 16 nitrogen and oxygen atoms in total. The van der Waals surface area contributed by atoms with Crippen LogP contribution in [0.2, 0.25) is 0 Å². The minimum atomic E-state index is -0.676. The second-order valence-electron chi connectivity index (χ2n) is 15.2. The summed E-state index contributed by atoms with van der Waals surface area (Å²) in [5, 5.41) is 36.2. The number of hydrogen-bond acceptors (Lipinski definition) is 14. The van der Waals surface area contributed by atoms with E-state index >= 15 is 0 Å². The molecule has 304 valence electrons. The quantitative estimate of drug-likeness (QED) is 0.0547. The molecule has 3 heterocycles. The predicted octanol–water partition coefficient (Wildman–Crippen LogP) is 2.54. The van der Waals surface area contributed by atoms with Crippen LogP contribution in [0.1, 0.15) is 90.2 Å². The number of para-hydroxylation sites is 1. The van der Waals surface area contributed by atoms with Crippen LogP contribution in [0.15, 0.2) is 30.5 Å². The molecule has 1 aliphatic heterocycles. The van der Waals surface area contributed by atoms with Gasteiger partial charge in [-0.3, -0.25) is 14.3 Å². The molecule has 8 N–H and O–H groups in total. The van der Waals surface area contributed by atoms with E-state index in [1.807, 2.05) is 40.0 Å². The van der Waals surface area contributed by atoms with Crippen LogP contribution < -0.4 is 32.3 Å². The summed E-state index contributed by atoms with van der Waals surface area (Å²) in [6.07, 6.45) is 12.6. The van der Waals surface area contributed by atoms with Gasteiger partial charge in [0.15, 0.2) is 0 Å². The van der Waals surface area contributed by atoms with Crippen LogP contribution in [0, 0.1) is 0 Å². The van der Waals surface area contributed by atoms with Gasteiger partial charge in [-0.1, -0.05) is 36.6 Å². The summed E-state index contributed by atoms with van der Waals surface area (Å²) in [4.78, 5) is 37.3. The van der Waals surface area contributed by atoms with Crippen LogP contribution >= 0.6 is 0 Å². The predicted molar refractivity (Wildman–Crippen MR) is 214 cm³/mol. The van der Waals surface area contributed by atoms with Gasteiger partial charge in [-0.05, 0) is 90.6 Å². The zero-order valence-corrected chi connectivity index (χ0v) is 32.8. The Labute approximate surface area is 325 Å². The van der Waals surface area contributed by atoms with Crippen molar-refractivity contribution in [3.05, 3.63) is 36.2 Å². The standard InChI is InChI=1S/C39H64N12O4/c1-28(2)55-38(54)35(43-24-29(40)27-52)14-15-36(53)50-22-16-31(17-23-50)45-37-33-12-6-7-13-34(33)46-39(47-37)44-25-32-26-51(49-48-32)21-9-19-41-18-8-20-42-30-10-4-3-5-11-30/h6-7,12-13,26,28-31,35,41-43,52H,3-5,8-11,14-25,27,40H2,1-2H3,(H2,44,45,46,47)/t29-,35+/m1/s1. The number of aliphatic hydroxyl groups is 1. The second-order valence-corrected chi connectivity index (χ2v) is 15.2. The van der Waals surface area contributed by atoms with Gasteiger partial charge in [0, 0.05) is 56.1 Å². The molecule has 1 saturated heterocycles. The molecule has 1 saturated carbocycles. The maximum absolute atomic E-state index is 13.2. The normalized spacial score (nSPS) is 16.7. The van der Waals surface area contributed by atoms with Crippen molar-refractivity contribution in [2.24, 2.45) is 5.73 Å².